The van der Waals surface area contributed by atoms with Gasteiger partial charge in [0.1, 0.15) is 11.5 Å². The highest BCUT2D eigenvalue weighted by Crippen LogP contribution is 2.27. The van der Waals surface area contributed by atoms with Gasteiger partial charge in [-0.1, -0.05) is 30.7 Å². The monoisotopic (exact) mass is 332 g/mol. The lowest BCUT2D eigenvalue weighted by Crippen LogP contribution is -2.37. The number of hydrogen-bond acceptors (Lipinski definition) is 3. The molecule has 0 amide bonds. The van der Waals surface area contributed by atoms with Crippen molar-refractivity contribution in [1.82, 2.24) is 10.2 Å². The van der Waals surface area contributed by atoms with E-state index in [0.29, 0.717) is 6.04 Å². The molecule has 3 nitrogen and oxygen atoms in total. The van der Waals surface area contributed by atoms with Crippen LogP contribution in [0.5, 0.6) is 0 Å². The van der Waals surface area contributed by atoms with Gasteiger partial charge >= 0.3 is 0 Å². The molecule has 2 heterocycles. The molecule has 3 rings (SSSR count). The molecule has 0 saturated carbocycles. The second-order valence-corrected chi connectivity index (χ2v) is 6.69. The zero-order valence-electron chi connectivity index (χ0n) is 13.9. The Morgan fingerprint density at radius 1 is 1.30 bits per heavy atom. The highest BCUT2D eigenvalue weighted by Gasteiger charge is 2.22. The van der Waals surface area contributed by atoms with E-state index in [1.165, 1.54) is 19.4 Å². The minimum Gasteiger partial charge on any atom is -0.460 e. The third-order valence-corrected chi connectivity index (χ3v) is 5.11. The van der Waals surface area contributed by atoms with Crippen LogP contribution >= 0.6 is 11.6 Å². The first-order chi connectivity index (χ1) is 11.2. The lowest BCUT2D eigenvalue weighted by molar-refractivity contribution is 0.258. The van der Waals surface area contributed by atoms with Crippen molar-refractivity contribution in [2.75, 3.05) is 19.6 Å². The molecule has 0 bridgehead atoms. The number of halogens is 1. The summed E-state index contributed by atoms with van der Waals surface area (Å²) in [6.45, 7) is 8.43. The number of hydrogen-bond donors (Lipinski definition) is 1. The predicted octanol–water partition coefficient (Wildman–Crippen LogP) is 4.48. The second kappa shape index (κ2) is 7.52. The van der Waals surface area contributed by atoms with E-state index in [9.17, 15) is 0 Å². The molecule has 1 aromatic carbocycles. The van der Waals surface area contributed by atoms with Gasteiger partial charge in [-0.2, -0.15) is 0 Å². The second-order valence-electron chi connectivity index (χ2n) is 6.29. The number of likely N-dealkylation sites (N-methyl/N-ethyl adjacent to an activating group) is 1. The van der Waals surface area contributed by atoms with Gasteiger partial charge in [-0.05, 0) is 56.6 Å². The van der Waals surface area contributed by atoms with Crippen molar-refractivity contribution in [2.24, 2.45) is 0 Å². The first kappa shape index (κ1) is 16.6. The molecular formula is C19H25ClN2O. The number of rotatable bonds is 6. The van der Waals surface area contributed by atoms with Crippen molar-refractivity contribution < 1.29 is 4.42 Å². The fourth-order valence-electron chi connectivity index (χ4n) is 3.28. The Labute approximate surface area is 143 Å². The van der Waals surface area contributed by atoms with Crippen LogP contribution in [0.3, 0.4) is 0 Å². The highest BCUT2D eigenvalue weighted by molar-refractivity contribution is 6.31. The normalized spacial score (nSPS) is 18.7. The third-order valence-electron chi connectivity index (χ3n) is 4.70. The lowest BCUT2D eigenvalue weighted by Gasteiger charge is -2.22. The van der Waals surface area contributed by atoms with Crippen LogP contribution in [0, 0.1) is 6.92 Å². The average molecular weight is 333 g/mol. The number of likely N-dealkylation sites (tertiary alicyclic amines) is 1. The number of nitrogens with zero attached hydrogens (tertiary/aromatic N) is 1. The Balaban J connectivity index is 1.56. The van der Waals surface area contributed by atoms with Crippen LogP contribution in [0.2, 0.25) is 5.02 Å². The summed E-state index contributed by atoms with van der Waals surface area (Å²) in [4.78, 5) is 2.55. The third kappa shape index (κ3) is 3.97. The summed E-state index contributed by atoms with van der Waals surface area (Å²) < 4.78 is 5.95. The van der Waals surface area contributed by atoms with Crippen molar-refractivity contribution in [3.05, 3.63) is 46.7 Å². The number of nitrogens with one attached hydrogen (secondary N) is 1. The van der Waals surface area contributed by atoms with Crippen LogP contribution in [0.4, 0.5) is 0 Å². The van der Waals surface area contributed by atoms with Gasteiger partial charge < -0.3 is 9.73 Å². The molecule has 1 atom stereocenters. The zero-order chi connectivity index (χ0) is 16.2. The quantitative estimate of drug-likeness (QED) is 0.845. The Morgan fingerprint density at radius 3 is 2.96 bits per heavy atom. The molecule has 1 aliphatic heterocycles. The molecule has 1 saturated heterocycles. The van der Waals surface area contributed by atoms with Crippen LogP contribution in [0.1, 0.15) is 31.1 Å². The molecule has 1 aromatic heterocycles. The van der Waals surface area contributed by atoms with Gasteiger partial charge in [0, 0.05) is 23.2 Å². The number of furan rings is 1. The van der Waals surface area contributed by atoms with E-state index in [1.807, 2.05) is 31.2 Å². The number of aryl methyl sites for hydroxylation is 1. The van der Waals surface area contributed by atoms with Crippen LogP contribution < -0.4 is 5.32 Å². The van der Waals surface area contributed by atoms with Crippen molar-refractivity contribution in [1.29, 1.82) is 0 Å². The van der Waals surface area contributed by atoms with E-state index in [0.717, 1.165) is 47.3 Å². The Hall–Kier alpha value is -1.29. The molecule has 1 N–H and O–H groups in total. The van der Waals surface area contributed by atoms with E-state index in [-0.39, 0.29) is 0 Å². The largest absolute Gasteiger partial charge is 0.460 e. The molecule has 1 fully saturated rings. The van der Waals surface area contributed by atoms with E-state index in [4.69, 9.17) is 16.0 Å². The Morgan fingerprint density at radius 2 is 2.17 bits per heavy atom. The van der Waals surface area contributed by atoms with Gasteiger partial charge in [-0.25, -0.2) is 0 Å². The average Bonchev–Trinajstić information content (AvgIpc) is 3.19. The summed E-state index contributed by atoms with van der Waals surface area (Å²) in [5.74, 6) is 1.84. The molecular weight excluding hydrogens is 308 g/mol. The lowest BCUT2D eigenvalue weighted by atomic mass is 10.1. The van der Waals surface area contributed by atoms with Crippen molar-refractivity contribution >= 4 is 11.6 Å². The first-order valence-corrected chi connectivity index (χ1v) is 8.85. The molecule has 0 radical (unpaired) electrons. The molecule has 0 spiro atoms. The maximum absolute atomic E-state index is 6.20. The van der Waals surface area contributed by atoms with Gasteiger partial charge in [-0.15, -0.1) is 0 Å². The summed E-state index contributed by atoms with van der Waals surface area (Å²) in [6, 6.07) is 10.8. The molecule has 0 aliphatic carbocycles. The van der Waals surface area contributed by atoms with Crippen LogP contribution in [-0.4, -0.2) is 30.6 Å². The Bertz CT molecular complexity index is 653. The zero-order valence-corrected chi connectivity index (χ0v) is 14.7. The standard InChI is InChI=1S/C19H25ClN2O/c1-3-22-10-4-5-16(22)12-21-13-17-8-9-19(23-17)15-7-6-14(2)18(20)11-15/h6-9,11,16,21H,3-5,10,12-13H2,1-2H3. The van der Waals surface area contributed by atoms with Crippen LogP contribution in [0.25, 0.3) is 11.3 Å². The van der Waals surface area contributed by atoms with E-state index in [2.05, 4.69) is 23.2 Å². The van der Waals surface area contributed by atoms with Gasteiger partial charge in [0.15, 0.2) is 0 Å². The maximum atomic E-state index is 6.20. The first-order valence-electron chi connectivity index (χ1n) is 8.47. The summed E-state index contributed by atoms with van der Waals surface area (Å²) in [6.07, 6.45) is 2.62. The van der Waals surface area contributed by atoms with Gasteiger partial charge in [0.2, 0.25) is 0 Å². The van der Waals surface area contributed by atoms with Crippen molar-refractivity contribution in [3.63, 3.8) is 0 Å². The van der Waals surface area contributed by atoms with Crippen LogP contribution in [0.15, 0.2) is 34.7 Å². The van der Waals surface area contributed by atoms with E-state index < -0.39 is 0 Å². The fourth-order valence-corrected chi connectivity index (χ4v) is 3.46. The summed E-state index contributed by atoms with van der Waals surface area (Å²) in [5.41, 5.74) is 2.11. The molecule has 2 aromatic rings. The van der Waals surface area contributed by atoms with Crippen LogP contribution in [-0.2, 0) is 6.54 Å². The van der Waals surface area contributed by atoms with Gasteiger partial charge in [0.25, 0.3) is 0 Å². The SMILES string of the molecule is CCN1CCCC1CNCc1ccc(-c2ccc(C)c(Cl)c2)o1. The number of benzene rings is 1. The van der Waals surface area contributed by atoms with Crippen molar-refractivity contribution in [2.45, 2.75) is 39.3 Å². The highest BCUT2D eigenvalue weighted by atomic mass is 35.5. The molecule has 1 aliphatic rings. The van der Waals surface area contributed by atoms with Gasteiger partial charge in [-0.3, -0.25) is 4.90 Å². The topological polar surface area (TPSA) is 28.4 Å². The molecule has 1 unspecified atom stereocenters. The molecule has 124 valence electrons. The van der Waals surface area contributed by atoms with E-state index >= 15 is 0 Å². The minimum absolute atomic E-state index is 0.672. The predicted molar refractivity (Wildman–Crippen MR) is 95.9 cm³/mol. The smallest absolute Gasteiger partial charge is 0.134 e. The maximum Gasteiger partial charge on any atom is 0.134 e. The molecule has 23 heavy (non-hydrogen) atoms. The fraction of sp³-hybridized carbons (Fsp3) is 0.474. The molecule has 4 heteroatoms. The van der Waals surface area contributed by atoms with Crippen molar-refractivity contribution in [3.8, 4) is 11.3 Å². The Kier molecular flexibility index (Phi) is 5.42. The summed E-state index contributed by atoms with van der Waals surface area (Å²) in [5, 5.41) is 4.31. The summed E-state index contributed by atoms with van der Waals surface area (Å²) in [7, 11) is 0. The van der Waals surface area contributed by atoms with Gasteiger partial charge in [0.05, 0.1) is 6.54 Å². The minimum atomic E-state index is 0.672. The summed E-state index contributed by atoms with van der Waals surface area (Å²) >= 11 is 6.20. The van der Waals surface area contributed by atoms with E-state index in [1.54, 1.807) is 0 Å².